The summed E-state index contributed by atoms with van der Waals surface area (Å²) in [5.41, 5.74) is 5.84. The number of hydrogen-bond donors (Lipinski definition) is 2. The number of carbonyl (C=O) groups excluding carboxylic acids is 1. The van der Waals surface area contributed by atoms with Crippen LogP contribution in [0.5, 0.6) is 0 Å². The zero-order valence-corrected chi connectivity index (χ0v) is 22.5. The number of nitrogens with one attached hydrogen (secondary N) is 2. The quantitative estimate of drug-likeness (QED) is 0.409. The molecule has 3 aromatic rings. The van der Waals surface area contributed by atoms with Gasteiger partial charge in [-0.2, -0.15) is 10.5 Å². The number of fused-ring (bicyclic) bond motifs is 1. The van der Waals surface area contributed by atoms with E-state index in [1.54, 1.807) is 19.4 Å². The molecule has 2 aromatic heterocycles. The Hall–Kier alpha value is -4.60. The number of hydrogen-bond acceptors (Lipinski definition) is 8. The molecule has 39 heavy (non-hydrogen) atoms. The van der Waals surface area contributed by atoms with Crippen LogP contribution in [0.4, 0.5) is 5.69 Å². The van der Waals surface area contributed by atoms with E-state index >= 15 is 0 Å². The Kier molecular flexibility index (Phi) is 7.36. The van der Waals surface area contributed by atoms with Crippen molar-refractivity contribution in [1.29, 1.82) is 10.5 Å². The van der Waals surface area contributed by atoms with Gasteiger partial charge in [0.1, 0.15) is 10.8 Å². The average Bonchev–Trinajstić information content (AvgIpc) is 3.37. The Bertz CT molecular complexity index is 1580. The summed E-state index contributed by atoms with van der Waals surface area (Å²) in [5, 5.41) is 25.8. The van der Waals surface area contributed by atoms with Crippen LogP contribution in [0.15, 0.2) is 71.6 Å². The zero-order valence-electron chi connectivity index (χ0n) is 21.7. The molecule has 0 radical (unpaired) electrons. The molecule has 194 valence electrons. The molecule has 1 aliphatic heterocycles. The fourth-order valence-corrected chi connectivity index (χ4v) is 5.55. The number of nitriles is 2. The summed E-state index contributed by atoms with van der Waals surface area (Å²) in [5.74, 6) is -0.117. The molecule has 2 aliphatic rings. The molecular weight excluding hydrogens is 508 g/mol. The van der Waals surface area contributed by atoms with Gasteiger partial charge in [0.2, 0.25) is 0 Å². The number of rotatable bonds is 6. The first-order valence-corrected chi connectivity index (χ1v) is 13.3. The van der Waals surface area contributed by atoms with Gasteiger partial charge in [0.15, 0.2) is 5.50 Å². The molecule has 5 rings (SSSR count). The smallest absolute Gasteiger partial charge is 0.255 e. The summed E-state index contributed by atoms with van der Waals surface area (Å²) in [6.07, 6.45) is 5.62. The van der Waals surface area contributed by atoms with Crippen molar-refractivity contribution in [3.63, 3.8) is 0 Å². The van der Waals surface area contributed by atoms with E-state index in [9.17, 15) is 10.1 Å². The molecule has 3 atom stereocenters. The van der Waals surface area contributed by atoms with Gasteiger partial charge in [-0.15, -0.1) is 0 Å². The first kappa shape index (κ1) is 26.0. The normalized spacial score (nSPS) is 18.4. The van der Waals surface area contributed by atoms with E-state index in [2.05, 4.69) is 27.8 Å². The molecule has 0 fully saturated rings. The maximum atomic E-state index is 13.5. The highest BCUT2D eigenvalue weighted by Gasteiger charge is 2.28. The molecule has 1 aliphatic carbocycles. The lowest BCUT2D eigenvalue weighted by Crippen LogP contribution is -2.36. The van der Waals surface area contributed by atoms with Crippen molar-refractivity contribution in [3.05, 3.63) is 89.0 Å². The SMILES string of the molecule is COC1=C(c2cc(C)ncc2C(=O)NC2Nc3ccc(-c4ccc([C@@H](C)C#N)cc4)nc3S2)CC(C#N)C=C1. The Morgan fingerprint density at radius 1 is 1.23 bits per heavy atom. The van der Waals surface area contributed by atoms with Crippen LogP contribution >= 0.6 is 11.8 Å². The second-order valence-electron chi connectivity index (χ2n) is 9.35. The van der Waals surface area contributed by atoms with Crippen molar-refractivity contribution in [3.8, 4) is 23.4 Å². The number of thioether (sulfide) groups is 1. The Morgan fingerprint density at radius 3 is 2.74 bits per heavy atom. The summed E-state index contributed by atoms with van der Waals surface area (Å²) in [4.78, 5) is 22.6. The van der Waals surface area contributed by atoms with E-state index in [-0.39, 0.29) is 17.7 Å². The van der Waals surface area contributed by atoms with Crippen molar-refractivity contribution in [2.45, 2.75) is 36.7 Å². The largest absolute Gasteiger partial charge is 0.496 e. The van der Waals surface area contributed by atoms with Gasteiger partial charge in [-0.1, -0.05) is 42.1 Å². The van der Waals surface area contributed by atoms with E-state index in [1.165, 1.54) is 11.8 Å². The number of ether oxygens (including phenoxy) is 1. The van der Waals surface area contributed by atoms with Crippen LogP contribution in [0.1, 0.15) is 46.4 Å². The van der Waals surface area contributed by atoms with E-state index in [0.29, 0.717) is 23.3 Å². The van der Waals surface area contributed by atoms with Crippen molar-refractivity contribution >= 4 is 28.9 Å². The fourth-order valence-electron chi connectivity index (χ4n) is 4.57. The summed E-state index contributed by atoms with van der Waals surface area (Å²) in [6, 6.07) is 18.1. The van der Waals surface area contributed by atoms with E-state index in [0.717, 1.165) is 38.8 Å². The highest BCUT2D eigenvalue weighted by molar-refractivity contribution is 8.00. The lowest BCUT2D eigenvalue weighted by molar-refractivity contribution is 0.0952. The number of nitrogens with zero attached hydrogens (tertiary/aromatic N) is 4. The van der Waals surface area contributed by atoms with Gasteiger partial charge in [0.25, 0.3) is 5.91 Å². The van der Waals surface area contributed by atoms with Gasteiger partial charge in [0, 0.05) is 23.0 Å². The summed E-state index contributed by atoms with van der Waals surface area (Å²) < 4.78 is 5.57. The molecule has 1 amide bonds. The van der Waals surface area contributed by atoms with E-state index in [1.807, 2.05) is 62.4 Å². The molecule has 2 N–H and O–H groups in total. The maximum absolute atomic E-state index is 13.5. The van der Waals surface area contributed by atoms with Crippen LogP contribution in [0.3, 0.4) is 0 Å². The van der Waals surface area contributed by atoms with Crippen molar-refractivity contribution < 1.29 is 9.53 Å². The number of allylic oxidation sites excluding steroid dienone is 3. The van der Waals surface area contributed by atoms with Gasteiger partial charge < -0.3 is 15.4 Å². The second-order valence-corrected chi connectivity index (χ2v) is 10.4. The molecule has 2 unspecified atom stereocenters. The number of methoxy groups -OCH3 is 1. The van der Waals surface area contributed by atoms with Crippen LogP contribution in [-0.2, 0) is 4.74 Å². The third kappa shape index (κ3) is 5.36. The Balaban J connectivity index is 1.35. The number of pyridine rings is 2. The van der Waals surface area contributed by atoms with Crippen LogP contribution < -0.4 is 10.6 Å². The summed E-state index contributed by atoms with van der Waals surface area (Å²) in [6.45, 7) is 3.74. The van der Waals surface area contributed by atoms with Crippen molar-refractivity contribution in [2.24, 2.45) is 5.92 Å². The van der Waals surface area contributed by atoms with Crippen molar-refractivity contribution in [2.75, 3.05) is 12.4 Å². The number of aryl methyl sites for hydroxylation is 1. The minimum atomic E-state index is -0.419. The molecule has 1 aromatic carbocycles. The van der Waals surface area contributed by atoms with Crippen molar-refractivity contribution in [1.82, 2.24) is 15.3 Å². The third-order valence-corrected chi connectivity index (χ3v) is 7.74. The van der Waals surface area contributed by atoms with Crippen LogP contribution in [0.2, 0.25) is 0 Å². The van der Waals surface area contributed by atoms with E-state index < -0.39 is 5.50 Å². The first-order valence-electron chi connectivity index (χ1n) is 12.5. The molecule has 0 saturated heterocycles. The Morgan fingerprint density at radius 2 is 2.03 bits per heavy atom. The number of carbonyl (C=O) groups is 1. The first-order chi connectivity index (χ1) is 18.9. The van der Waals surface area contributed by atoms with Crippen LogP contribution in [0.25, 0.3) is 16.8 Å². The number of benzene rings is 1. The van der Waals surface area contributed by atoms with Gasteiger partial charge >= 0.3 is 0 Å². The minimum absolute atomic E-state index is 0.167. The standard InChI is InChI=1S/C30H26N6O2S/c1-17(14-31)20-5-7-21(8-6-20)25-9-10-26-29(34-25)39-30(35-26)36-28(37)24-16-33-18(2)12-22(24)23-13-19(15-32)4-11-27(23)38-3/h4-12,16-17,19,30,35H,13H2,1-3H3,(H,36,37)/t17-,19?,30?/m0/s1. The molecular formula is C30H26N6O2S. The lowest BCUT2D eigenvalue weighted by atomic mass is 9.87. The molecule has 3 heterocycles. The van der Waals surface area contributed by atoms with Crippen LogP contribution in [-0.4, -0.2) is 28.5 Å². The van der Waals surface area contributed by atoms with E-state index in [4.69, 9.17) is 15.0 Å². The van der Waals surface area contributed by atoms with Gasteiger partial charge in [-0.05, 0) is 55.7 Å². The molecule has 0 saturated carbocycles. The number of amides is 1. The monoisotopic (exact) mass is 534 g/mol. The molecule has 8 nitrogen and oxygen atoms in total. The molecule has 0 spiro atoms. The predicted molar refractivity (Wildman–Crippen MR) is 150 cm³/mol. The predicted octanol–water partition coefficient (Wildman–Crippen LogP) is 5.77. The van der Waals surface area contributed by atoms with Gasteiger partial charge in [0.05, 0.1) is 48.0 Å². The minimum Gasteiger partial charge on any atom is -0.496 e. The highest BCUT2D eigenvalue weighted by atomic mass is 32.2. The topological polar surface area (TPSA) is 124 Å². The average molecular weight is 535 g/mol. The fraction of sp³-hybridized carbons (Fsp3) is 0.233. The number of anilines is 1. The molecule has 0 bridgehead atoms. The third-order valence-electron chi connectivity index (χ3n) is 6.74. The van der Waals surface area contributed by atoms with Gasteiger partial charge in [-0.25, -0.2) is 4.98 Å². The lowest BCUT2D eigenvalue weighted by Gasteiger charge is -2.21. The highest BCUT2D eigenvalue weighted by Crippen LogP contribution is 2.38. The van der Waals surface area contributed by atoms with Crippen LogP contribution in [0, 0.1) is 35.5 Å². The summed E-state index contributed by atoms with van der Waals surface area (Å²) in [7, 11) is 1.58. The molecule has 9 heteroatoms. The number of aromatic nitrogens is 2. The van der Waals surface area contributed by atoms with Gasteiger partial charge in [-0.3, -0.25) is 9.78 Å². The zero-order chi connectivity index (χ0) is 27.5. The maximum Gasteiger partial charge on any atom is 0.255 e. The Labute approximate surface area is 231 Å². The second kappa shape index (κ2) is 11.0. The summed E-state index contributed by atoms with van der Waals surface area (Å²) >= 11 is 1.42.